The number of hydrogen-bond donors (Lipinski definition) is 1. The monoisotopic (exact) mass is 316 g/mol. The fraction of sp³-hybridized carbons (Fsp3) is 0.800. The summed E-state index contributed by atoms with van der Waals surface area (Å²) in [6.45, 7) is 4.84. The van der Waals surface area contributed by atoms with Crippen molar-refractivity contribution in [3.05, 3.63) is 11.6 Å². The highest BCUT2D eigenvalue weighted by Crippen LogP contribution is 2.20. The summed E-state index contributed by atoms with van der Waals surface area (Å²) in [5.41, 5.74) is 1.36. The van der Waals surface area contributed by atoms with E-state index in [0.717, 1.165) is 19.3 Å². The molecule has 122 valence electrons. The molecule has 0 saturated carbocycles. The summed E-state index contributed by atoms with van der Waals surface area (Å²) in [6, 6.07) is 0. The summed E-state index contributed by atoms with van der Waals surface area (Å²) in [5.74, 6) is -0.123. The molecule has 5 nitrogen and oxygen atoms in total. The fourth-order valence-corrected chi connectivity index (χ4v) is 3.20. The third-order valence-electron chi connectivity index (χ3n) is 3.72. The molecule has 0 fully saturated rings. The first-order valence-corrected chi connectivity index (χ1v) is 9.56. The highest BCUT2D eigenvalue weighted by Gasteiger charge is 2.17. The second-order valence-electron chi connectivity index (χ2n) is 5.97. The average molecular weight is 316 g/mol. The van der Waals surface area contributed by atoms with Crippen molar-refractivity contribution in [1.29, 1.82) is 0 Å². The number of nitrogens with one attached hydrogen (secondary N) is 1. The molecular weight excluding hydrogens is 288 g/mol. The smallest absolute Gasteiger partial charge is 0.222 e. The minimum Gasteiger partial charge on any atom is -0.355 e. The normalized spacial score (nSPS) is 16.1. The van der Waals surface area contributed by atoms with Crippen molar-refractivity contribution in [2.45, 2.75) is 46.0 Å². The summed E-state index contributed by atoms with van der Waals surface area (Å²) in [6.07, 6.45) is 8.90. The molecule has 0 unspecified atom stereocenters. The molecule has 1 aliphatic rings. The molecule has 0 aromatic carbocycles. The van der Waals surface area contributed by atoms with Gasteiger partial charge in [0.1, 0.15) is 0 Å². The van der Waals surface area contributed by atoms with Gasteiger partial charge in [0.15, 0.2) is 0 Å². The Balaban J connectivity index is 2.45. The SMILES string of the molecule is CC(C)C(=O)NCCN(CCC1=CCCCC1)S(C)(=O)=O. The van der Waals surface area contributed by atoms with Gasteiger partial charge in [-0.05, 0) is 32.1 Å². The van der Waals surface area contributed by atoms with E-state index < -0.39 is 10.0 Å². The highest BCUT2D eigenvalue weighted by atomic mass is 32.2. The summed E-state index contributed by atoms with van der Waals surface area (Å²) < 4.78 is 25.1. The average Bonchev–Trinajstić information content (AvgIpc) is 2.41. The van der Waals surface area contributed by atoms with Crippen LogP contribution in [0.4, 0.5) is 0 Å². The topological polar surface area (TPSA) is 66.5 Å². The van der Waals surface area contributed by atoms with Crippen molar-refractivity contribution in [2.75, 3.05) is 25.9 Å². The van der Waals surface area contributed by atoms with Crippen molar-refractivity contribution in [1.82, 2.24) is 9.62 Å². The van der Waals surface area contributed by atoms with Crippen LogP contribution in [0.25, 0.3) is 0 Å². The summed E-state index contributed by atoms with van der Waals surface area (Å²) in [5, 5.41) is 2.76. The number of nitrogens with zero attached hydrogens (tertiary/aromatic N) is 1. The van der Waals surface area contributed by atoms with E-state index in [0.29, 0.717) is 19.6 Å². The van der Waals surface area contributed by atoms with Crippen LogP contribution < -0.4 is 5.32 Å². The van der Waals surface area contributed by atoms with Gasteiger partial charge in [-0.3, -0.25) is 4.79 Å². The fourth-order valence-electron chi connectivity index (χ4n) is 2.35. The Morgan fingerprint density at radius 1 is 1.33 bits per heavy atom. The third kappa shape index (κ3) is 7.09. The predicted octanol–water partition coefficient (Wildman–Crippen LogP) is 1.91. The van der Waals surface area contributed by atoms with Gasteiger partial charge in [0.2, 0.25) is 15.9 Å². The van der Waals surface area contributed by atoms with Crippen molar-refractivity contribution in [2.24, 2.45) is 5.92 Å². The molecule has 0 heterocycles. The van der Waals surface area contributed by atoms with E-state index in [1.165, 1.54) is 29.0 Å². The lowest BCUT2D eigenvalue weighted by atomic mass is 9.97. The van der Waals surface area contributed by atoms with Gasteiger partial charge in [-0.2, -0.15) is 0 Å². The molecule has 6 heteroatoms. The lowest BCUT2D eigenvalue weighted by molar-refractivity contribution is -0.123. The Bertz CT molecular complexity index is 469. The zero-order valence-electron chi connectivity index (χ0n) is 13.4. The molecule has 0 bridgehead atoms. The second kappa shape index (κ2) is 8.54. The molecule has 0 saturated heterocycles. The van der Waals surface area contributed by atoms with Crippen LogP contribution in [0.3, 0.4) is 0 Å². The van der Waals surface area contributed by atoms with Crippen molar-refractivity contribution in [3.63, 3.8) is 0 Å². The zero-order chi connectivity index (χ0) is 15.9. The Kier molecular flexibility index (Phi) is 7.39. The molecule has 1 aliphatic carbocycles. The van der Waals surface area contributed by atoms with E-state index in [9.17, 15) is 13.2 Å². The van der Waals surface area contributed by atoms with Crippen LogP contribution in [0.5, 0.6) is 0 Å². The lowest BCUT2D eigenvalue weighted by Gasteiger charge is -2.22. The Hall–Kier alpha value is -0.880. The second-order valence-corrected chi connectivity index (χ2v) is 7.95. The molecule has 21 heavy (non-hydrogen) atoms. The van der Waals surface area contributed by atoms with Gasteiger partial charge in [0.25, 0.3) is 0 Å². The Morgan fingerprint density at radius 2 is 2.05 bits per heavy atom. The number of sulfonamides is 1. The maximum Gasteiger partial charge on any atom is 0.222 e. The van der Waals surface area contributed by atoms with E-state index >= 15 is 0 Å². The summed E-state index contributed by atoms with van der Waals surface area (Å²) in [7, 11) is -3.23. The van der Waals surface area contributed by atoms with E-state index in [1.807, 2.05) is 13.8 Å². The Labute approximate surface area is 128 Å². The van der Waals surface area contributed by atoms with Crippen LogP contribution in [-0.4, -0.2) is 44.5 Å². The van der Waals surface area contributed by atoms with Gasteiger partial charge in [-0.1, -0.05) is 25.5 Å². The molecule has 1 N–H and O–H groups in total. The van der Waals surface area contributed by atoms with Crippen LogP contribution in [0.1, 0.15) is 46.0 Å². The van der Waals surface area contributed by atoms with Crippen molar-refractivity contribution in [3.8, 4) is 0 Å². The minimum atomic E-state index is -3.23. The van der Waals surface area contributed by atoms with Gasteiger partial charge in [0.05, 0.1) is 6.26 Å². The molecule has 0 aromatic rings. The van der Waals surface area contributed by atoms with E-state index in [1.54, 1.807) is 0 Å². The van der Waals surface area contributed by atoms with Crippen LogP contribution in [-0.2, 0) is 14.8 Å². The van der Waals surface area contributed by atoms with E-state index in [2.05, 4.69) is 11.4 Å². The van der Waals surface area contributed by atoms with Crippen LogP contribution in [0, 0.1) is 5.92 Å². The van der Waals surface area contributed by atoms with E-state index in [-0.39, 0.29) is 11.8 Å². The molecule has 0 atom stereocenters. The van der Waals surface area contributed by atoms with Gasteiger partial charge >= 0.3 is 0 Å². The number of carbonyl (C=O) groups excluding carboxylic acids is 1. The van der Waals surface area contributed by atoms with Crippen LogP contribution in [0.15, 0.2) is 11.6 Å². The van der Waals surface area contributed by atoms with Gasteiger partial charge in [-0.15, -0.1) is 0 Å². The molecule has 0 aliphatic heterocycles. The first-order valence-electron chi connectivity index (χ1n) is 7.71. The zero-order valence-corrected chi connectivity index (χ0v) is 14.2. The highest BCUT2D eigenvalue weighted by molar-refractivity contribution is 7.88. The third-order valence-corrected chi connectivity index (χ3v) is 5.02. The molecule has 0 spiro atoms. The van der Waals surface area contributed by atoms with Gasteiger partial charge < -0.3 is 5.32 Å². The number of hydrogen-bond acceptors (Lipinski definition) is 3. The first kappa shape index (κ1) is 18.2. The molecule has 1 amide bonds. The number of amides is 1. The molecular formula is C15H28N2O3S. The van der Waals surface area contributed by atoms with Gasteiger partial charge in [-0.25, -0.2) is 12.7 Å². The number of carbonyl (C=O) groups is 1. The maximum atomic E-state index is 11.8. The van der Waals surface area contributed by atoms with E-state index in [4.69, 9.17) is 0 Å². The lowest BCUT2D eigenvalue weighted by Crippen LogP contribution is -2.39. The largest absolute Gasteiger partial charge is 0.355 e. The quantitative estimate of drug-likeness (QED) is 0.696. The minimum absolute atomic E-state index is 0.0431. The number of allylic oxidation sites excluding steroid dienone is 1. The standard InChI is InChI=1S/C15H28N2O3S/c1-13(2)15(18)16-10-12-17(21(3,19)20)11-9-14-7-5-4-6-8-14/h7,13H,4-6,8-12H2,1-3H3,(H,16,18). The summed E-state index contributed by atoms with van der Waals surface area (Å²) >= 11 is 0. The van der Waals surface area contributed by atoms with Crippen LogP contribution >= 0.6 is 0 Å². The van der Waals surface area contributed by atoms with Crippen LogP contribution in [0.2, 0.25) is 0 Å². The van der Waals surface area contributed by atoms with Crippen molar-refractivity contribution >= 4 is 15.9 Å². The predicted molar refractivity (Wildman–Crippen MR) is 85.4 cm³/mol. The Morgan fingerprint density at radius 3 is 2.57 bits per heavy atom. The molecule has 0 radical (unpaired) electrons. The first-order chi connectivity index (χ1) is 9.80. The number of rotatable bonds is 8. The van der Waals surface area contributed by atoms with Gasteiger partial charge in [0, 0.05) is 25.6 Å². The summed E-state index contributed by atoms with van der Waals surface area (Å²) in [4.78, 5) is 11.5. The molecule has 0 aromatic heterocycles. The maximum absolute atomic E-state index is 11.8. The van der Waals surface area contributed by atoms with Crippen molar-refractivity contribution < 1.29 is 13.2 Å². The molecule has 1 rings (SSSR count).